The number of aryl methyl sites for hydroxylation is 2. The van der Waals surface area contributed by atoms with E-state index < -0.39 is 35.8 Å². The number of hydrogen-bond acceptors (Lipinski definition) is 14. The maximum absolute atomic E-state index is 15.4. The van der Waals surface area contributed by atoms with Crippen molar-refractivity contribution in [3.05, 3.63) is 263 Å². The van der Waals surface area contributed by atoms with Gasteiger partial charge in [0, 0.05) is 66.1 Å². The molecule has 0 saturated carbocycles. The molecule has 3 aliphatic rings. The number of aromatic amines is 2. The van der Waals surface area contributed by atoms with Crippen molar-refractivity contribution in [3.63, 3.8) is 0 Å². The van der Waals surface area contributed by atoms with Crippen molar-refractivity contribution in [1.82, 2.24) is 19.9 Å². The minimum atomic E-state index is -0.650. The maximum Gasteiger partial charge on any atom is 0.338 e. The Balaban J connectivity index is 1.21. The summed E-state index contributed by atoms with van der Waals surface area (Å²) in [5.74, 6) is -3.53. The Morgan fingerprint density at radius 1 is 0.238 bits per heavy atom. The van der Waals surface area contributed by atoms with E-state index in [2.05, 4.69) is 147 Å². The summed E-state index contributed by atoms with van der Waals surface area (Å²) < 4.78 is 37.3. The van der Waals surface area contributed by atoms with Gasteiger partial charge in [-0.3, -0.25) is 0 Å². The second-order valence-electron chi connectivity index (χ2n) is 34.4. The van der Waals surface area contributed by atoms with Crippen molar-refractivity contribution < 1.29 is 57.2 Å². The number of benzene rings is 12. The number of carbonyl (C=O) groups excluding carboxylic acids is 6. The molecule has 0 saturated heterocycles. The average molecular weight is 1730 g/mol. The van der Waals surface area contributed by atoms with Crippen LogP contribution in [0.2, 0.25) is 0 Å². The summed E-state index contributed by atoms with van der Waals surface area (Å²) in [7, 11) is 0. The normalized spacial score (nSPS) is 11.7. The van der Waals surface area contributed by atoms with Gasteiger partial charge in [0.15, 0.2) is 0 Å². The first-order chi connectivity index (χ1) is 63.6. The summed E-state index contributed by atoms with van der Waals surface area (Å²) >= 11 is 0. The van der Waals surface area contributed by atoms with E-state index in [0.717, 1.165) is 129 Å². The highest BCUT2D eigenvalue weighted by atomic mass is 16.6. The Labute approximate surface area is 758 Å². The van der Waals surface area contributed by atoms with E-state index in [-0.39, 0.29) is 61.9 Å². The van der Waals surface area contributed by atoms with Crippen LogP contribution in [-0.2, 0) is 41.3 Å². The Bertz CT molecular complexity index is 6650. The van der Waals surface area contributed by atoms with Gasteiger partial charge in [0.1, 0.15) is 0 Å². The number of carbonyl (C=O) groups is 6. The van der Waals surface area contributed by atoms with Gasteiger partial charge in [0.25, 0.3) is 0 Å². The molecule has 0 radical (unpaired) electrons. The number of nitrogens with zero attached hydrogens (tertiary/aromatic N) is 2. The molecule has 2 N–H and O–H groups in total. The van der Waals surface area contributed by atoms with Gasteiger partial charge in [0.05, 0.1) is 118 Å². The van der Waals surface area contributed by atoms with Gasteiger partial charge in [-0.15, -0.1) is 0 Å². The molecule has 658 valence electrons. The molecule has 14 aromatic rings. The summed E-state index contributed by atoms with van der Waals surface area (Å²) in [6.45, 7) is 17.5. The zero-order chi connectivity index (χ0) is 90.1. The molecule has 1 aliphatic carbocycles. The van der Waals surface area contributed by atoms with Gasteiger partial charge in [-0.2, -0.15) is 0 Å². The lowest BCUT2D eigenvalue weighted by Crippen LogP contribution is -2.11. The molecule has 0 amide bonds. The first-order valence-corrected chi connectivity index (χ1v) is 46.8. The van der Waals surface area contributed by atoms with Gasteiger partial charge in [0.2, 0.25) is 0 Å². The predicted octanol–water partition coefficient (Wildman–Crippen LogP) is 29.0. The van der Waals surface area contributed by atoms with E-state index in [0.29, 0.717) is 185 Å². The largest absolute Gasteiger partial charge is 0.462 e. The van der Waals surface area contributed by atoms with Crippen LogP contribution < -0.4 is 0 Å². The lowest BCUT2D eigenvalue weighted by atomic mass is 9.89. The highest BCUT2D eigenvalue weighted by Crippen LogP contribution is 2.55. The van der Waals surface area contributed by atoms with Crippen molar-refractivity contribution in [3.8, 4) is 89.5 Å². The Kier molecular flexibility index (Phi) is 27.0. The first-order valence-electron chi connectivity index (χ1n) is 46.8. The summed E-state index contributed by atoms with van der Waals surface area (Å²) in [6, 6.07) is 72.9. The standard InChI is InChI=1S/C114H110N4O12/c1-9-17-33-69-49-79(53-83(51-69)109(119)125-43-19-11-3)97-101-89-61-71-35-25-26-36-72(71)62-90(89)102(115-101)98(80-50-70(34-18-10-2)52-84(54-80)110(120)126-44-20-12-4)104-92-64-74-38-28-30-40-76(74)66-94(92)106(117-104)100(82-57-87(113(123)129-47-23-15-7)60-88(58-82)114(124)130-48-24-16-8)108-96-68-78-42-32-31-41-77(78)67-95(96)107(118-108)99(105-93-65-75-39-29-27-37-73(75)63-91(93)103(97)116-105)81-55-85(111(121)127-45-21-13-5)59-86(56-81)112(122)128-46-22-14-6/h25-32,35-42,49-68,115,118H,9-24,33-34,43-48H2,1-8H3. The van der Waals surface area contributed by atoms with Gasteiger partial charge in [-0.1, -0.05) is 216 Å². The molecular weight excluding hydrogens is 1620 g/mol. The smallest absolute Gasteiger partial charge is 0.338 e. The molecule has 4 heterocycles. The third-order valence-electron chi connectivity index (χ3n) is 25.0. The van der Waals surface area contributed by atoms with Crippen LogP contribution in [0.5, 0.6) is 0 Å². The first kappa shape index (κ1) is 88.2. The second kappa shape index (κ2) is 39.8. The SMILES string of the molecule is CCCCOC(=O)c1cc(CCCC)cc(-c2c3nc(c(-c4cc(C(=O)OCCCC)cc(C(=O)OCCCC)c4)c4[nH]c(c(-c5cc(C(=O)OCCCC)cc(C(=O)OCCCC)c5)c5nc(c(-c6cc(CCCC)cc(C(=O)OCCCC)c6)c6[nH]c2c2cc7ccccc7cc62)-c2cc6ccccc6cc2-5)c2cc5ccccc5cc42)-c2cc4ccccc4cc2-3)c1. The van der Waals surface area contributed by atoms with Gasteiger partial charge in [-0.05, 0) is 250 Å². The lowest BCUT2D eigenvalue weighted by Gasteiger charge is -2.14. The average Bonchev–Trinajstić information content (AvgIpc) is 1.55. The van der Waals surface area contributed by atoms with E-state index >= 15 is 28.8 Å². The number of aromatic nitrogens is 4. The number of unbranched alkanes of at least 4 members (excludes halogenated alkanes) is 8. The Morgan fingerprint density at radius 3 is 0.654 bits per heavy atom. The number of H-pyrrole nitrogens is 2. The Morgan fingerprint density at radius 2 is 0.438 bits per heavy atom. The summed E-state index contributed by atoms with van der Waals surface area (Å²) in [5.41, 5.74) is 14.1. The van der Waals surface area contributed by atoms with E-state index in [4.69, 9.17) is 38.4 Å². The monoisotopic (exact) mass is 1730 g/mol. The van der Waals surface area contributed by atoms with Crippen molar-refractivity contribution in [2.45, 2.75) is 171 Å². The molecule has 2 aliphatic heterocycles. The summed E-state index contributed by atoms with van der Waals surface area (Å²) in [4.78, 5) is 113. The van der Waals surface area contributed by atoms with Crippen molar-refractivity contribution >= 4 is 123 Å². The van der Waals surface area contributed by atoms with Gasteiger partial charge < -0.3 is 38.4 Å². The fraction of sp³-hybridized carbons (Fsp3) is 0.281. The van der Waals surface area contributed by atoms with Crippen molar-refractivity contribution in [2.24, 2.45) is 0 Å². The van der Waals surface area contributed by atoms with E-state index in [1.165, 1.54) is 0 Å². The molecule has 16 nitrogen and oxygen atoms in total. The zero-order valence-corrected chi connectivity index (χ0v) is 75.5. The fourth-order valence-electron chi connectivity index (χ4n) is 18.0. The number of hydrogen-bond donors (Lipinski definition) is 2. The predicted molar refractivity (Wildman–Crippen MR) is 525 cm³/mol. The molecule has 0 fully saturated rings. The van der Waals surface area contributed by atoms with Crippen LogP contribution in [0.15, 0.2) is 218 Å². The maximum atomic E-state index is 15.4. The number of ether oxygens (including phenoxy) is 6. The lowest BCUT2D eigenvalue weighted by molar-refractivity contribution is 0.0480. The van der Waals surface area contributed by atoms with E-state index in [1.54, 1.807) is 36.4 Å². The van der Waals surface area contributed by atoms with Gasteiger partial charge in [-0.25, -0.2) is 38.7 Å². The van der Waals surface area contributed by atoms with Gasteiger partial charge >= 0.3 is 35.8 Å². The molecule has 8 bridgehead atoms. The summed E-state index contributed by atoms with van der Waals surface area (Å²) in [5, 5.41) is 10.1. The number of esters is 6. The fourth-order valence-corrected chi connectivity index (χ4v) is 18.0. The molecule has 0 unspecified atom stereocenters. The van der Waals surface area contributed by atoms with Crippen LogP contribution in [0, 0.1) is 0 Å². The van der Waals surface area contributed by atoms with E-state index in [1.807, 2.05) is 100 Å². The molecule has 2 aromatic heterocycles. The van der Waals surface area contributed by atoms with E-state index in [9.17, 15) is 0 Å². The number of rotatable bonds is 34. The van der Waals surface area contributed by atoms with Crippen molar-refractivity contribution in [2.75, 3.05) is 39.6 Å². The van der Waals surface area contributed by atoms with Crippen LogP contribution in [0.25, 0.3) is 176 Å². The molecule has 0 atom stereocenters. The number of fused-ring (bicyclic) bond motifs is 4. The zero-order valence-electron chi connectivity index (χ0n) is 75.5. The Hall–Kier alpha value is -13.9. The highest BCUT2D eigenvalue weighted by Gasteiger charge is 2.35. The topological polar surface area (TPSA) is 215 Å². The quantitative estimate of drug-likeness (QED) is 0.0218. The second-order valence-corrected chi connectivity index (χ2v) is 34.4. The molecule has 17 rings (SSSR count). The molecule has 130 heavy (non-hydrogen) atoms. The minimum Gasteiger partial charge on any atom is -0.462 e. The van der Waals surface area contributed by atoms with Crippen LogP contribution in [0.4, 0.5) is 0 Å². The van der Waals surface area contributed by atoms with Crippen LogP contribution in [0.3, 0.4) is 0 Å². The van der Waals surface area contributed by atoms with Crippen molar-refractivity contribution in [1.29, 1.82) is 0 Å². The molecule has 12 aromatic carbocycles. The van der Waals surface area contributed by atoms with Crippen LogP contribution in [-0.4, -0.2) is 95.4 Å². The minimum absolute atomic E-state index is 0.0924. The van der Waals surface area contributed by atoms with Crippen LogP contribution >= 0.6 is 0 Å². The molecule has 0 spiro atoms. The third kappa shape index (κ3) is 18.1. The van der Waals surface area contributed by atoms with Crippen LogP contribution in [0.1, 0.15) is 231 Å². The molecule has 16 heteroatoms. The third-order valence-corrected chi connectivity index (χ3v) is 25.0. The summed E-state index contributed by atoms with van der Waals surface area (Å²) in [6.07, 6.45) is 12.9. The number of nitrogens with one attached hydrogen (secondary N) is 2. The highest BCUT2D eigenvalue weighted by molar-refractivity contribution is 6.26. The molecular formula is C114H110N4O12.